The highest BCUT2D eigenvalue weighted by molar-refractivity contribution is 7.13. The van der Waals surface area contributed by atoms with Crippen molar-refractivity contribution in [2.45, 2.75) is 0 Å². The number of aromatic nitrogens is 2. The molecule has 0 aliphatic heterocycles. The Hall–Kier alpha value is -2.83. The van der Waals surface area contributed by atoms with Crippen LogP contribution < -0.4 is 5.32 Å². The van der Waals surface area contributed by atoms with Gasteiger partial charge in [-0.2, -0.15) is 0 Å². The zero-order valence-electron chi connectivity index (χ0n) is 12.7. The number of Topliss-reactive ketones (excluding diaryl/α,β-unsaturated/α-hetero) is 2. The molecule has 0 saturated carbocycles. The molecule has 1 N–H and O–H groups in total. The van der Waals surface area contributed by atoms with Crippen LogP contribution in [0, 0.1) is 0 Å². The predicted molar refractivity (Wildman–Crippen MR) is 96.9 cm³/mol. The molecule has 5 nitrogen and oxygen atoms in total. The Labute approximate surface area is 152 Å². The first kappa shape index (κ1) is 15.7. The average Bonchev–Trinajstić information content (AvgIpc) is 3.19. The molecular weight excluding hydrogens is 358 g/mol. The van der Waals surface area contributed by atoms with Gasteiger partial charge in [-0.15, -0.1) is 11.3 Å². The summed E-state index contributed by atoms with van der Waals surface area (Å²) in [5.41, 5.74) is 2.03. The molecule has 0 radical (unpaired) electrons. The molecule has 122 valence electrons. The fourth-order valence-corrected chi connectivity index (χ4v) is 3.41. The van der Waals surface area contributed by atoms with Crippen molar-refractivity contribution in [3.8, 4) is 10.6 Å². The zero-order chi connectivity index (χ0) is 17.4. The molecule has 25 heavy (non-hydrogen) atoms. The van der Waals surface area contributed by atoms with Gasteiger partial charge >= 0.3 is 0 Å². The first-order chi connectivity index (χ1) is 12.1. The number of pyridine rings is 1. The monoisotopic (exact) mass is 367 g/mol. The molecule has 1 aromatic carbocycles. The van der Waals surface area contributed by atoms with Crippen molar-refractivity contribution < 1.29 is 9.59 Å². The molecule has 0 unspecified atom stereocenters. The summed E-state index contributed by atoms with van der Waals surface area (Å²) >= 11 is 7.66. The number of carbonyl (C=O) groups excluding carboxylic acids is 2. The van der Waals surface area contributed by atoms with E-state index in [2.05, 4.69) is 15.3 Å². The lowest BCUT2D eigenvalue weighted by molar-refractivity contribution is 0.0978. The number of thiazole rings is 1. The number of allylic oxidation sites excluding steroid dienone is 2. The molecule has 7 heteroatoms. The van der Waals surface area contributed by atoms with Crippen molar-refractivity contribution in [2.75, 3.05) is 5.32 Å². The molecule has 2 aromatic heterocycles. The summed E-state index contributed by atoms with van der Waals surface area (Å²) in [4.78, 5) is 33.2. The molecule has 0 amide bonds. The second-order valence-electron chi connectivity index (χ2n) is 5.29. The van der Waals surface area contributed by atoms with Crippen LogP contribution in [0.1, 0.15) is 20.8 Å². The fraction of sp³-hybridized carbons (Fsp3) is 0. The van der Waals surface area contributed by atoms with E-state index in [-0.39, 0.29) is 27.8 Å². The lowest BCUT2D eigenvalue weighted by Gasteiger charge is -2.18. The van der Waals surface area contributed by atoms with Gasteiger partial charge in [0.2, 0.25) is 11.6 Å². The maximum atomic E-state index is 12.6. The second-order valence-corrected chi connectivity index (χ2v) is 6.56. The van der Waals surface area contributed by atoms with Crippen LogP contribution in [0.15, 0.2) is 64.9 Å². The van der Waals surface area contributed by atoms with E-state index in [1.807, 2.05) is 29.6 Å². The fourth-order valence-electron chi connectivity index (χ4n) is 2.54. The number of nitrogens with zero attached hydrogens (tertiary/aromatic N) is 2. The number of rotatable bonds is 3. The molecule has 1 aliphatic rings. The van der Waals surface area contributed by atoms with E-state index in [0.29, 0.717) is 5.69 Å². The first-order valence-corrected chi connectivity index (χ1v) is 8.62. The Morgan fingerprint density at radius 3 is 2.48 bits per heavy atom. The number of carbonyl (C=O) groups is 2. The Balaban J connectivity index is 1.65. The van der Waals surface area contributed by atoms with Gasteiger partial charge in [0.15, 0.2) is 0 Å². The van der Waals surface area contributed by atoms with E-state index >= 15 is 0 Å². The summed E-state index contributed by atoms with van der Waals surface area (Å²) in [5.74, 6) is -0.810. The van der Waals surface area contributed by atoms with E-state index in [1.54, 1.807) is 29.7 Å². The number of anilines is 1. The highest BCUT2D eigenvalue weighted by Gasteiger charge is 2.32. The molecule has 0 fully saturated rings. The number of nitrogens with one attached hydrogen (secondary N) is 1. The lowest BCUT2D eigenvalue weighted by Crippen LogP contribution is -2.25. The van der Waals surface area contributed by atoms with Crippen LogP contribution in [0.25, 0.3) is 10.6 Å². The summed E-state index contributed by atoms with van der Waals surface area (Å²) in [5, 5.41) is 5.62. The van der Waals surface area contributed by atoms with Crippen LogP contribution >= 0.6 is 22.9 Å². The third kappa shape index (κ3) is 2.75. The lowest BCUT2D eigenvalue weighted by atomic mass is 9.97. The third-order valence-corrected chi connectivity index (χ3v) is 4.93. The molecule has 0 spiro atoms. The third-order valence-electron chi connectivity index (χ3n) is 3.75. The summed E-state index contributed by atoms with van der Waals surface area (Å²) in [6, 6.07) is 10.6. The number of hydrogen-bond donors (Lipinski definition) is 1. The molecule has 2 heterocycles. The van der Waals surface area contributed by atoms with Gasteiger partial charge in [0.05, 0.1) is 5.56 Å². The standard InChI is InChI=1S/C18H10ClN3O2S/c19-13-15(16(23)12-2-1-7-20-14(12)17(13)24)22-11-5-3-10(4-6-11)18-21-8-9-25-18/h1-9,22H. The van der Waals surface area contributed by atoms with Crippen LogP contribution in [-0.2, 0) is 0 Å². The van der Waals surface area contributed by atoms with Gasteiger partial charge < -0.3 is 5.32 Å². The molecule has 0 bridgehead atoms. The molecule has 1 aliphatic carbocycles. The van der Waals surface area contributed by atoms with Gasteiger partial charge in [-0.1, -0.05) is 11.6 Å². The molecular formula is C18H10ClN3O2S. The van der Waals surface area contributed by atoms with Crippen molar-refractivity contribution in [1.82, 2.24) is 9.97 Å². The van der Waals surface area contributed by atoms with Gasteiger partial charge in [0, 0.05) is 29.0 Å². The Bertz CT molecular complexity index is 1010. The summed E-state index contributed by atoms with van der Waals surface area (Å²) in [6.45, 7) is 0. The Morgan fingerprint density at radius 2 is 1.76 bits per heavy atom. The SMILES string of the molecule is O=C1C(Nc2ccc(-c3nccs3)cc2)=C(Cl)C(=O)c2ncccc21. The topological polar surface area (TPSA) is 72.0 Å². The summed E-state index contributed by atoms with van der Waals surface area (Å²) in [6.07, 6.45) is 3.21. The van der Waals surface area contributed by atoms with Crippen LogP contribution in [0.2, 0.25) is 0 Å². The number of fused-ring (bicyclic) bond motifs is 1. The van der Waals surface area contributed by atoms with Crippen LogP contribution in [0.3, 0.4) is 0 Å². The number of hydrogen-bond acceptors (Lipinski definition) is 6. The normalized spacial score (nSPS) is 13.8. The summed E-state index contributed by atoms with van der Waals surface area (Å²) < 4.78 is 0. The van der Waals surface area contributed by atoms with Gasteiger partial charge in [0.25, 0.3) is 0 Å². The van der Waals surface area contributed by atoms with Gasteiger partial charge in [0.1, 0.15) is 21.4 Å². The number of ketones is 2. The molecule has 3 aromatic rings. The minimum absolute atomic E-state index is 0.0640. The van der Waals surface area contributed by atoms with Crippen LogP contribution in [0.5, 0.6) is 0 Å². The maximum Gasteiger partial charge on any atom is 0.225 e. The summed E-state index contributed by atoms with van der Waals surface area (Å²) in [7, 11) is 0. The van der Waals surface area contributed by atoms with Crippen molar-refractivity contribution in [1.29, 1.82) is 0 Å². The first-order valence-electron chi connectivity index (χ1n) is 7.36. The largest absolute Gasteiger partial charge is 0.351 e. The van der Waals surface area contributed by atoms with Gasteiger partial charge in [-0.25, -0.2) is 4.98 Å². The Morgan fingerprint density at radius 1 is 0.960 bits per heavy atom. The number of benzene rings is 1. The van der Waals surface area contributed by atoms with E-state index in [4.69, 9.17) is 11.6 Å². The quantitative estimate of drug-likeness (QED) is 0.753. The Kier molecular flexibility index (Phi) is 3.91. The van der Waals surface area contributed by atoms with Crippen molar-refractivity contribution in [3.63, 3.8) is 0 Å². The smallest absolute Gasteiger partial charge is 0.225 e. The molecule has 4 rings (SSSR count). The number of halogens is 1. The average molecular weight is 368 g/mol. The predicted octanol–water partition coefficient (Wildman–Crippen LogP) is 4.15. The van der Waals surface area contributed by atoms with Gasteiger partial charge in [-0.3, -0.25) is 14.6 Å². The highest BCUT2D eigenvalue weighted by Crippen LogP contribution is 2.29. The van der Waals surface area contributed by atoms with Crippen molar-refractivity contribution in [2.24, 2.45) is 0 Å². The maximum absolute atomic E-state index is 12.6. The van der Waals surface area contributed by atoms with E-state index in [0.717, 1.165) is 10.6 Å². The zero-order valence-corrected chi connectivity index (χ0v) is 14.3. The minimum atomic E-state index is -0.459. The second kappa shape index (κ2) is 6.23. The van der Waals surface area contributed by atoms with E-state index in [9.17, 15) is 9.59 Å². The van der Waals surface area contributed by atoms with Crippen LogP contribution in [-0.4, -0.2) is 21.5 Å². The van der Waals surface area contributed by atoms with Crippen molar-refractivity contribution >= 4 is 40.2 Å². The van der Waals surface area contributed by atoms with E-state index < -0.39 is 5.78 Å². The molecule has 0 atom stereocenters. The molecule has 0 saturated heterocycles. The highest BCUT2D eigenvalue weighted by atomic mass is 35.5. The van der Waals surface area contributed by atoms with E-state index in [1.165, 1.54) is 6.20 Å². The van der Waals surface area contributed by atoms with Crippen LogP contribution in [0.4, 0.5) is 5.69 Å². The van der Waals surface area contributed by atoms with Crippen molar-refractivity contribution in [3.05, 3.63) is 76.2 Å². The van der Waals surface area contributed by atoms with Gasteiger partial charge in [-0.05, 0) is 36.4 Å². The minimum Gasteiger partial charge on any atom is -0.351 e.